The average molecular weight is 204 g/mol. The highest BCUT2D eigenvalue weighted by atomic mass is 16.3. The summed E-state index contributed by atoms with van der Waals surface area (Å²) in [6.45, 7) is 4.12. The summed E-state index contributed by atoms with van der Waals surface area (Å²) >= 11 is 0. The zero-order valence-electron chi connectivity index (χ0n) is 8.81. The maximum absolute atomic E-state index is 9.70. The molecule has 0 aliphatic carbocycles. The van der Waals surface area contributed by atoms with Crippen LogP contribution in [0.5, 0.6) is 11.5 Å². The molecule has 15 heavy (non-hydrogen) atoms. The van der Waals surface area contributed by atoms with Gasteiger partial charge in [-0.05, 0) is 31.4 Å². The van der Waals surface area contributed by atoms with E-state index in [9.17, 15) is 10.2 Å². The van der Waals surface area contributed by atoms with Gasteiger partial charge in [-0.15, -0.1) is 0 Å². The topological polar surface area (TPSA) is 44.3 Å². The minimum absolute atomic E-state index is 0.0532. The number of fused-ring (bicyclic) bond motifs is 1. The van der Waals surface area contributed by atoms with Crippen molar-refractivity contribution in [2.24, 2.45) is 0 Å². The van der Waals surface area contributed by atoms with E-state index in [1.165, 1.54) is 6.07 Å². The number of phenolic OH excluding ortho intramolecular Hbond substituents is 2. The number of pyridine rings is 1. The quantitative estimate of drug-likeness (QED) is 0.552. The van der Waals surface area contributed by atoms with Gasteiger partial charge in [0, 0.05) is 6.07 Å². The van der Waals surface area contributed by atoms with E-state index in [0.717, 1.165) is 5.39 Å². The Hall–Kier alpha value is -1.77. The maximum atomic E-state index is 9.70. The summed E-state index contributed by atoms with van der Waals surface area (Å²) in [7, 11) is 0. The first-order chi connectivity index (χ1) is 7.09. The van der Waals surface area contributed by atoms with Crippen LogP contribution in [0.25, 0.3) is 10.8 Å². The number of hydrogen-bond acceptors (Lipinski definition) is 2. The van der Waals surface area contributed by atoms with E-state index in [0.29, 0.717) is 11.4 Å². The van der Waals surface area contributed by atoms with Gasteiger partial charge in [-0.2, -0.15) is 0 Å². The molecule has 3 heteroatoms. The lowest BCUT2D eigenvalue weighted by molar-refractivity contribution is -0.715. The molecule has 0 fully saturated rings. The minimum Gasteiger partial charge on any atom is -0.504 e. The van der Waals surface area contributed by atoms with Gasteiger partial charge in [-0.1, -0.05) is 0 Å². The number of aromatic hydroxyl groups is 2. The summed E-state index contributed by atoms with van der Waals surface area (Å²) in [6, 6.07) is 5.54. The van der Waals surface area contributed by atoms with E-state index < -0.39 is 0 Å². The number of benzene rings is 1. The first kappa shape index (κ1) is 9.77. The molecule has 0 bridgehead atoms. The van der Waals surface area contributed by atoms with Crippen LogP contribution in [-0.2, 0) is 0 Å². The SMILES string of the molecule is CC(C)[n+]1ccc2ccc(O)c(O)c2c1. The van der Waals surface area contributed by atoms with Crippen molar-refractivity contribution in [3.8, 4) is 11.5 Å². The Morgan fingerprint density at radius 3 is 2.53 bits per heavy atom. The molecule has 2 rings (SSSR count). The summed E-state index contributed by atoms with van der Waals surface area (Å²) in [4.78, 5) is 0. The lowest BCUT2D eigenvalue weighted by Gasteiger charge is -2.04. The van der Waals surface area contributed by atoms with Gasteiger partial charge in [-0.25, -0.2) is 4.57 Å². The van der Waals surface area contributed by atoms with Crippen LogP contribution >= 0.6 is 0 Å². The molecule has 78 valence electrons. The van der Waals surface area contributed by atoms with E-state index in [-0.39, 0.29) is 11.5 Å². The summed E-state index contributed by atoms with van der Waals surface area (Å²) in [6.07, 6.45) is 3.80. The molecule has 0 spiro atoms. The number of aromatic nitrogens is 1. The molecule has 0 saturated heterocycles. The monoisotopic (exact) mass is 204 g/mol. The third kappa shape index (κ3) is 1.61. The maximum Gasteiger partial charge on any atom is 0.180 e. The van der Waals surface area contributed by atoms with Gasteiger partial charge in [0.2, 0.25) is 0 Å². The summed E-state index contributed by atoms with van der Waals surface area (Å²) in [5.41, 5.74) is 0. The zero-order valence-corrected chi connectivity index (χ0v) is 8.81. The molecule has 0 unspecified atom stereocenters. The molecule has 2 N–H and O–H groups in total. The van der Waals surface area contributed by atoms with E-state index in [1.54, 1.807) is 6.07 Å². The van der Waals surface area contributed by atoms with E-state index in [4.69, 9.17) is 0 Å². The second-order valence-electron chi connectivity index (χ2n) is 3.92. The predicted molar refractivity (Wildman–Crippen MR) is 57.9 cm³/mol. The first-order valence-electron chi connectivity index (χ1n) is 4.95. The van der Waals surface area contributed by atoms with Gasteiger partial charge < -0.3 is 10.2 Å². The molecule has 0 atom stereocenters. The van der Waals surface area contributed by atoms with Crippen LogP contribution in [0.2, 0.25) is 0 Å². The third-order valence-corrected chi connectivity index (χ3v) is 2.53. The average Bonchev–Trinajstić information content (AvgIpc) is 2.23. The first-order valence-corrected chi connectivity index (χ1v) is 4.95. The zero-order chi connectivity index (χ0) is 11.0. The van der Waals surface area contributed by atoms with Crippen LogP contribution in [0.15, 0.2) is 30.6 Å². The molecule has 0 aliphatic rings. The Balaban J connectivity index is 2.73. The van der Waals surface area contributed by atoms with Gasteiger partial charge in [0.15, 0.2) is 29.9 Å². The van der Waals surface area contributed by atoms with E-state index >= 15 is 0 Å². The van der Waals surface area contributed by atoms with Crippen LogP contribution in [0.1, 0.15) is 19.9 Å². The highest BCUT2D eigenvalue weighted by Gasteiger charge is 2.11. The van der Waals surface area contributed by atoms with Gasteiger partial charge in [-0.3, -0.25) is 0 Å². The van der Waals surface area contributed by atoms with Crippen LogP contribution < -0.4 is 4.57 Å². The second-order valence-corrected chi connectivity index (χ2v) is 3.92. The summed E-state index contributed by atoms with van der Waals surface area (Å²) in [5, 5.41) is 20.7. The molecule has 1 aromatic heterocycles. The Morgan fingerprint density at radius 1 is 1.13 bits per heavy atom. The molecule has 0 saturated carbocycles. The summed E-state index contributed by atoms with van der Waals surface area (Å²) in [5.74, 6) is -0.133. The van der Waals surface area contributed by atoms with Gasteiger partial charge >= 0.3 is 0 Å². The van der Waals surface area contributed by atoms with Gasteiger partial charge in [0.05, 0.1) is 5.39 Å². The van der Waals surface area contributed by atoms with Crippen molar-refractivity contribution >= 4 is 10.8 Å². The molecule has 0 amide bonds. The van der Waals surface area contributed by atoms with Crippen molar-refractivity contribution in [3.63, 3.8) is 0 Å². The van der Waals surface area contributed by atoms with Gasteiger partial charge in [0.1, 0.15) is 0 Å². The fourth-order valence-corrected chi connectivity index (χ4v) is 1.57. The standard InChI is InChI=1S/C12H13NO2/c1-8(2)13-6-5-9-3-4-11(14)12(15)10(9)7-13/h3-8,14H,1-2H3/p+1. The minimum atomic E-state index is -0.0796. The number of rotatable bonds is 1. The molecule has 0 radical (unpaired) electrons. The normalized spacial score (nSPS) is 11.1. The fraction of sp³-hybridized carbons (Fsp3) is 0.250. The lowest BCUT2D eigenvalue weighted by Crippen LogP contribution is -2.34. The summed E-state index contributed by atoms with van der Waals surface area (Å²) < 4.78 is 1.99. The molecule has 3 nitrogen and oxygen atoms in total. The molecular formula is C12H14NO2+. The number of nitrogens with zero attached hydrogens (tertiary/aromatic N) is 1. The Labute approximate surface area is 88.2 Å². The van der Waals surface area contributed by atoms with E-state index in [2.05, 4.69) is 13.8 Å². The Morgan fingerprint density at radius 2 is 1.87 bits per heavy atom. The van der Waals surface area contributed by atoms with Crippen LogP contribution in [-0.4, -0.2) is 10.2 Å². The smallest absolute Gasteiger partial charge is 0.180 e. The molecule has 2 aromatic rings. The number of phenols is 2. The van der Waals surface area contributed by atoms with Crippen LogP contribution in [0, 0.1) is 0 Å². The fourth-order valence-electron chi connectivity index (χ4n) is 1.57. The molecular weight excluding hydrogens is 190 g/mol. The van der Waals surface area contributed by atoms with E-state index in [1.807, 2.05) is 23.0 Å². The Kier molecular flexibility index (Phi) is 2.23. The highest BCUT2D eigenvalue weighted by molar-refractivity contribution is 5.88. The Bertz CT molecular complexity index is 506. The lowest BCUT2D eigenvalue weighted by atomic mass is 10.1. The van der Waals surface area contributed by atoms with Crippen molar-refractivity contribution < 1.29 is 14.8 Å². The van der Waals surface area contributed by atoms with Crippen molar-refractivity contribution in [2.45, 2.75) is 19.9 Å². The molecule has 0 aliphatic heterocycles. The molecule has 1 heterocycles. The van der Waals surface area contributed by atoms with Crippen molar-refractivity contribution in [1.29, 1.82) is 0 Å². The van der Waals surface area contributed by atoms with Crippen LogP contribution in [0.3, 0.4) is 0 Å². The highest BCUT2D eigenvalue weighted by Crippen LogP contribution is 2.32. The molecule has 1 aromatic carbocycles. The van der Waals surface area contributed by atoms with Gasteiger partial charge in [0.25, 0.3) is 0 Å². The number of hydrogen-bond donors (Lipinski definition) is 2. The largest absolute Gasteiger partial charge is 0.504 e. The van der Waals surface area contributed by atoms with Crippen molar-refractivity contribution in [1.82, 2.24) is 0 Å². The predicted octanol–water partition coefficient (Wildman–Crippen LogP) is 2.12. The second kappa shape index (κ2) is 3.42. The van der Waals surface area contributed by atoms with Crippen molar-refractivity contribution in [2.75, 3.05) is 0 Å². The van der Waals surface area contributed by atoms with Crippen molar-refractivity contribution in [3.05, 3.63) is 30.6 Å². The third-order valence-electron chi connectivity index (χ3n) is 2.53. The van der Waals surface area contributed by atoms with Crippen LogP contribution in [0.4, 0.5) is 0 Å².